The molecule has 0 aliphatic carbocycles. The Morgan fingerprint density at radius 3 is 2.21 bits per heavy atom. The van der Waals surface area contributed by atoms with Gasteiger partial charge in [0.15, 0.2) is 0 Å². The van der Waals surface area contributed by atoms with Crippen molar-refractivity contribution >= 4 is 27.5 Å². The molecule has 28 heavy (non-hydrogen) atoms. The fourth-order valence-corrected chi connectivity index (χ4v) is 3.90. The summed E-state index contributed by atoms with van der Waals surface area (Å²) in [5.74, 6) is 0.147. The maximum absolute atomic E-state index is 12.5. The molecule has 0 saturated heterocycles. The first-order chi connectivity index (χ1) is 13.0. The molecule has 2 aromatic carbocycles. The number of carbonyl (C=O) groups excluding carboxylic acids is 1. The highest BCUT2D eigenvalue weighted by atomic mass is 35.5. The summed E-state index contributed by atoms with van der Waals surface area (Å²) in [6.07, 6.45) is 0. The van der Waals surface area contributed by atoms with Gasteiger partial charge in [0.25, 0.3) is 0 Å². The van der Waals surface area contributed by atoms with Crippen molar-refractivity contribution in [2.75, 3.05) is 13.7 Å². The van der Waals surface area contributed by atoms with Crippen LogP contribution in [0.4, 0.5) is 0 Å². The summed E-state index contributed by atoms with van der Waals surface area (Å²) >= 11 is 5.92. The third-order valence-electron chi connectivity index (χ3n) is 4.43. The number of halogens is 1. The molecule has 8 heteroatoms. The standard InChI is InChI=1S/C20H25ClN2O4S/c1-14(23-28(25,26)18-11-9-17(27-4)10-12-18)19(24)22-13-20(2,3)15-5-7-16(21)8-6-15/h5-12,14,23H,13H2,1-4H3,(H,22,24)/t14-/m0/s1. The number of carbonyl (C=O) groups is 1. The minimum atomic E-state index is -3.82. The Balaban J connectivity index is 1.98. The van der Waals surface area contributed by atoms with Crippen LogP contribution in [0, 0.1) is 0 Å². The van der Waals surface area contributed by atoms with Gasteiger partial charge in [-0.05, 0) is 48.9 Å². The monoisotopic (exact) mass is 424 g/mol. The molecule has 0 bridgehead atoms. The van der Waals surface area contributed by atoms with Gasteiger partial charge in [-0.25, -0.2) is 8.42 Å². The second kappa shape index (κ2) is 8.94. The number of rotatable bonds is 8. The Hall–Kier alpha value is -2.09. The molecule has 1 atom stereocenters. The van der Waals surface area contributed by atoms with Crippen molar-refractivity contribution in [3.63, 3.8) is 0 Å². The quantitative estimate of drug-likeness (QED) is 0.681. The third-order valence-corrected chi connectivity index (χ3v) is 6.23. The van der Waals surface area contributed by atoms with Crippen molar-refractivity contribution in [1.29, 1.82) is 0 Å². The Morgan fingerprint density at radius 1 is 1.11 bits per heavy atom. The van der Waals surface area contributed by atoms with E-state index in [0.29, 0.717) is 17.3 Å². The van der Waals surface area contributed by atoms with Gasteiger partial charge >= 0.3 is 0 Å². The van der Waals surface area contributed by atoms with Crippen LogP contribution in [0.1, 0.15) is 26.3 Å². The smallest absolute Gasteiger partial charge is 0.241 e. The molecule has 152 valence electrons. The Morgan fingerprint density at radius 2 is 1.68 bits per heavy atom. The molecule has 2 N–H and O–H groups in total. The highest BCUT2D eigenvalue weighted by Gasteiger charge is 2.25. The zero-order chi connectivity index (χ0) is 20.9. The molecule has 0 aromatic heterocycles. The van der Waals surface area contributed by atoms with Crippen molar-refractivity contribution in [2.24, 2.45) is 0 Å². The first kappa shape index (κ1) is 22.2. The minimum Gasteiger partial charge on any atom is -0.497 e. The number of nitrogens with one attached hydrogen (secondary N) is 2. The molecule has 0 saturated carbocycles. The van der Waals surface area contributed by atoms with Crippen LogP contribution in [0.3, 0.4) is 0 Å². The van der Waals surface area contributed by atoms with Gasteiger partial charge in [-0.15, -0.1) is 0 Å². The van der Waals surface area contributed by atoms with Gasteiger partial charge < -0.3 is 10.1 Å². The van der Waals surface area contributed by atoms with E-state index in [1.807, 2.05) is 26.0 Å². The van der Waals surface area contributed by atoms with Gasteiger partial charge in [0.05, 0.1) is 18.0 Å². The summed E-state index contributed by atoms with van der Waals surface area (Å²) in [7, 11) is -2.32. The van der Waals surface area contributed by atoms with E-state index in [2.05, 4.69) is 10.0 Å². The van der Waals surface area contributed by atoms with Crippen molar-refractivity contribution in [1.82, 2.24) is 10.0 Å². The first-order valence-corrected chi connectivity index (χ1v) is 10.6. The molecule has 1 amide bonds. The fraction of sp³-hybridized carbons (Fsp3) is 0.350. The van der Waals surface area contributed by atoms with Crippen molar-refractivity contribution in [2.45, 2.75) is 37.1 Å². The average molecular weight is 425 g/mol. The lowest BCUT2D eigenvalue weighted by molar-refractivity contribution is -0.122. The molecular formula is C20H25ClN2O4S. The molecule has 0 radical (unpaired) electrons. The summed E-state index contributed by atoms with van der Waals surface area (Å²) in [6, 6.07) is 12.4. The predicted octanol–water partition coefficient (Wildman–Crippen LogP) is 3.11. The maximum atomic E-state index is 12.5. The number of methoxy groups -OCH3 is 1. The number of hydrogen-bond acceptors (Lipinski definition) is 4. The topological polar surface area (TPSA) is 84.5 Å². The van der Waals surface area contributed by atoms with Crippen LogP contribution < -0.4 is 14.8 Å². The molecule has 0 spiro atoms. The molecule has 0 heterocycles. The van der Waals surface area contributed by atoms with Gasteiger partial charge in [-0.2, -0.15) is 4.72 Å². The van der Waals surface area contributed by atoms with E-state index in [1.165, 1.54) is 26.2 Å². The molecule has 0 aliphatic rings. The molecule has 2 aromatic rings. The van der Waals surface area contributed by atoms with Crippen LogP contribution in [0.2, 0.25) is 5.02 Å². The van der Waals surface area contributed by atoms with Crippen LogP contribution in [0.5, 0.6) is 5.75 Å². The normalized spacial score (nSPS) is 13.0. The lowest BCUT2D eigenvalue weighted by Gasteiger charge is -2.26. The van der Waals surface area contributed by atoms with Crippen LogP contribution in [0.15, 0.2) is 53.4 Å². The van der Waals surface area contributed by atoms with Crippen LogP contribution in [-0.2, 0) is 20.2 Å². The number of ether oxygens (including phenoxy) is 1. The number of benzene rings is 2. The zero-order valence-electron chi connectivity index (χ0n) is 16.3. The van der Waals surface area contributed by atoms with E-state index < -0.39 is 22.0 Å². The first-order valence-electron chi connectivity index (χ1n) is 8.75. The van der Waals surface area contributed by atoms with E-state index in [4.69, 9.17) is 16.3 Å². The Kier molecular flexibility index (Phi) is 7.09. The third kappa shape index (κ3) is 5.70. The Labute approximate surface area is 171 Å². The molecule has 0 aliphatic heterocycles. The van der Waals surface area contributed by atoms with Crippen molar-refractivity contribution in [3.8, 4) is 5.75 Å². The number of sulfonamides is 1. The van der Waals surface area contributed by atoms with Crippen molar-refractivity contribution in [3.05, 3.63) is 59.1 Å². The molecule has 2 rings (SSSR count). The van der Waals surface area contributed by atoms with Crippen LogP contribution >= 0.6 is 11.6 Å². The van der Waals surface area contributed by atoms with E-state index >= 15 is 0 Å². The van der Waals surface area contributed by atoms with Gasteiger partial charge in [0, 0.05) is 17.0 Å². The second-order valence-electron chi connectivity index (χ2n) is 7.13. The Bertz CT molecular complexity index is 910. The lowest BCUT2D eigenvalue weighted by atomic mass is 9.84. The highest BCUT2D eigenvalue weighted by Crippen LogP contribution is 2.24. The molecule has 6 nitrogen and oxygen atoms in total. The zero-order valence-corrected chi connectivity index (χ0v) is 17.9. The second-order valence-corrected chi connectivity index (χ2v) is 9.28. The van der Waals surface area contributed by atoms with Gasteiger partial charge in [0.1, 0.15) is 5.75 Å². The summed E-state index contributed by atoms with van der Waals surface area (Å²) < 4.78 is 32.3. The van der Waals surface area contributed by atoms with E-state index in [1.54, 1.807) is 24.3 Å². The van der Waals surface area contributed by atoms with Gasteiger partial charge in [-0.3, -0.25) is 4.79 Å². The van der Waals surface area contributed by atoms with Crippen LogP contribution in [0.25, 0.3) is 0 Å². The lowest BCUT2D eigenvalue weighted by Crippen LogP contribution is -2.47. The largest absolute Gasteiger partial charge is 0.497 e. The van der Waals surface area contributed by atoms with Gasteiger partial charge in [0.2, 0.25) is 15.9 Å². The highest BCUT2D eigenvalue weighted by molar-refractivity contribution is 7.89. The molecule has 0 unspecified atom stereocenters. The molecule has 0 fully saturated rings. The van der Waals surface area contributed by atoms with Crippen LogP contribution in [-0.4, -0.2) is 34.0 Å². The molecular weight excluding hydrogens is 400 g/mol. The summed E-state index contributed by atoms with van der Waals surface area (Å²) in [5, 5.41) is 3.45. The summed E-state index contributed by atoms with van der Waals surface area (Å²) in [5.41, 5.74) is 0.679. The van der Waals surface area contributed by atoms with Gasteiger partial charge in [-0.1, -0.05) is 37.6 Å². The SMILES string of the molecule is COc1ccc(S(=O)(=O)N[C@@H](C)C(=O)NCC(C)(C)c2ccc(Cl)cc2)cc1. The minimum absolute atomic E-state index is 0.0643. The van der Waals surface area contributed by atoms with Crippen molar-refractivity contribution < 1.29 is 17.9 Å². The van der Waals surface area contributed by atoms with E-state index in [9.17, 15) is 13.2 Å². The number of amides is 1. The fourth-order valence-electron chi connectivity index (χ4n) is 2.57. The predicted molar refractivity (Wildman–Crippen MR) is 110 cm³/mol. The summed E-state index contributed by atoms with van der Waals surface area (Å²) in [4.78, 5) is 12.5. The summed E-state index contributed by atoms with van der Waals surface area (Å²) in [6.45, 7) is 5.83. The maximum Gasteiger partial charge on any atom is 0.241 e. The average Bonchev–Trinajstić information content (AvgIpc) is 2.66. The number of hydrogen-bond donors (Lipinski definition) is 2. The van der Waals surface area contributed by atoms with E-state index in [-0.39, 0.29) is 10.3 Å². The van der Waals surface area contributed by atoms with E-state index in [0.717, 1.165) is 5.56 Å².